The zero-order valence-corrected chi connectivity index (χ0v) is 10.8. The molecule has 0 saturated carbocycles. The third-order valence-corrected chi connectivity index (χ3v) is 3.69. The number of carboxylic acids is 1. The van der Waals surface area contributed by atoms with Crippen molar-refractivity contribution in [3.05, 3.63) is 29.1 Å². The quantitative estimate of drug-likeness (QED) is 0.712. The Hall–Kier alpha value is -2.77. The molecule has 1 saturated heterocycles. The lowest BCUT2D eigenvalue weighted by molar-refractivity contribution is -0.136. The van der Waals surface area contributed by atoms with Crippen molar-refractivity contribution in [1.29, 1.82) is 0 Å². The number of piperidine rings is 1. The third-order valence-electron chi connectivity index (χ3n) is 3.69. The lowest BCUT2D eigenvalue weighted by atomic mass is 10.0. The van der Waals surface area contributed by atoms with Gasteiger partial charge >= 0.3 is 5.97 Å². The van der Waals surface area contributed by atoms with Crippen LogP contribution in [0.3, 0.4) is 0 Å². The first-order valence-corrected chi connectivity index (χ1v) is 6.34. The summed E-state index contributed by atoms with van der Waals surface area (Å²) in [6.45, 7) is 0.0323. The predicted octanol–water partition coefficient (Wildman–Crippen LogP) is -0.459. The molecule has 108 valence electrons. The first kappa shape index (κ1) is 13.2. The standard InChI is InChI=1S/C13H11N3O5/c17-10-2-1-9(11(18)15-10)16-5-8-6(12(16)19)3-14-4-7(8)13(20)21/h3-4,9H,1-2,5H2,(H,20,21)(H,15,17,18). The molecule has 2 aliphatic heterocycles. The lowest BCUT2D eigenvalue weighted by Gasteiger charge is -2.29. The summed E-state index contributed by atoms with van der Waals surface area (Å²) in [6.07, 6.45) is 2.87. The Bertz CT molecular complexity index is 684. The fraction of sp³-hybridized carbons (Fsp3) is 0.308. The normalized spacial score (nSPS) is 21.2. The number of imide groups is 1. The van der Waals surface area contributed by atoms with Crippen molar-refractivity contribution in [2.24, 2.45) is 0 Å². The summed E-state index contributed by atoms with van der Waals surface area (Å²) in [5.74, 6) is -2.50. The fourth-order valence-electron chi connectivity index (χ4n) is 2.65. The van der Waals surface area contributed by atoms with Crippen LogP contribution < -0.4 is 5.32 Å². The number of fused-ring (bicyclic) bond motifs is 1. The van der Waals surface area contributed by atoms with Gasteiger partial charge < -0.3 is 10.0 Å². The molecule has 1 fully saturated rings. The van der Waals surface area contributed by atoms with Crippen molar-refractivity contribution in [2.75, 3.05) is 0 Å². The molecule has 0 radical (unpaired) electrons. The van der Waals surface area contributed by atoms with Crippen LogP contribution in [0, 0.1) is 0 Å². The maximum absolute atomic E-state index is 12.3. The maximum Gasteiger partial charge on any atom is 0.337 e. The van der Waals surface area contributed by atoms with Crippen molar-refractivity contribution in [1.82, 2.24) is 15.2 Å². The average Bonchev–Trinajstić information content (AvgIpc) is 2.76. The van der Waals surface area contributed by atoms with Gasteiger partial charge in [-0.2, -0.15) is 0 Å². The second-order valence-corrected chi connectivity index (χ2v) is 4.92. The minimum absolute atomic E-state index is 0.0323. The van der Waals surface area contributed by atoms with E-state index in [1.807, 2.05) is 0 Å². The van der Waals surface area contributed by atoms with Gasteiger partial charge in [0.2, 0.25) is 11.8 Å². The van der Waals surface area contributed by atoms with Crippen LogP contribution in [-0.2, 0) is 16.1 Å². The van der Waals surface area contributed by atoms with Gasteiger partial charge in [0, 0.05) is 30.9 Å². The van der Waals surface area contributed by atoms with E-state index < -0.39 is 23.8 Å². The number of carbonyl (C=O) groups is 4. The summed E-state index contributed by atoms with van der Waals surface area (Å²) < 4.78 is 0. The number of hydrogen-bond donors (Lipinski definition) is 2. The molecule has 1 aromatic rings. The summed E-state index contributed by atoms with van der Waals surface area (Å²) in [5, 5.41) is 11.3. The SMILES string of the molecule is O=C1CCC(N2Cc3c(C(=O)O)cncc3C2=O)C(=O)N1. The van der Waals surface area contributed by atoms with Crippen LogP contribution in [0.25, 0.3) is 0 Å². The molecule has 2 aliphatic rings. The van der Waals surface area contributed by atoms with Gasteiger partial charge in [0.25, 0.3) is 5.91 Å². The molecule has 1 unspecified atom stereocenters. The first-order valence-electron chi connectivity index (χ1n) is 6.34. The Morgan fingerprint density at radius 3 is 2.76 bits per heavy atom. The topological polar surface area (TPSA) is 117 Å². The minimum Gasteiger partial charge on any atom is -0.478 e. The molecule has 0 aliphatic carbocycles. The van der Waals surface area contributed by atoms with E-state index in [1.165, 1.54) is 17.3 Å². The monoisotopic (exact) mass is 289 g/mol. The molecule has 3 amide bonds. The number of carboxylic acid groups (broad SMARTS) is 1. The zero-order valence-electron chi connectivity index (χ0n) is 10.8. The van der Waals surface area contributed by atoms with E-state index in [0.717, 1.165) is 0 Å². The molecule has 0 aromatic carbocycles. The number of carbonyl (C=O) groups excluding carboxylic acids is 3. The predicted molar refractivity (Wildman–Crippen MR) is 67.2 cm³/mol. The van der Waals surface area contributed by atoms with E-state index in [-0.39, 0.29) is 36.4 Å². The zero-order chi connectivity index (χ0) is 15.1. The number of rotatable bonds is 2. The highest BCUT2D eigenvalue weighted by Gasteiger charge is 2.40. The van der Waals surface area contributed by atoms with Crippen LogP contribution in [0.4, 0.5) is 0 Å². The molecule has 1 atom stereocenters. The molecule has 3 rings (SSSR count). The summed E-state index contributed by atoms with van der Waals surface area (Å²) >= 11 is 0. The van der Waals surface area contributed by atoms with Crippen LogP contribution in [-0.4, -0.2) is 44.7 Å². The lowest BCUT2D eigenvalue weighted by Crippen LogP contribution is -2.52. The van der Waals surface area contributed by atoms with Crippen LogP contribution in [0.15, 0.2) is 12.4 Å². The first-order chi connectivity index (χ1) is 9.99. The number of amides is 3. The van der Waals surface area contributed by atoms with E-state index in [4.69, 9.17) is 5.11 Å². The number of aromatic nitrogens is 1. The van der Waals surface area contributed by atoms with Crippen LogP contribution in [0.1, 0.15) is 39.1 Å². The Balaban J connectivity index is 1.94. The van der Waals surface area contributed by atoms with Crippen LogP contribution >= 0.6 is 0 Å². The molecular formula is C13H11N3O5. The van der Waals surface area contributed by atoms with E-state index >= 15 is 0 Å². The molecule has 0 spiro atoms. The van der Waals surface area contributed by atoms with Gasteiger partial charge in [-0.1, -0.05) is 0 Å². The summed E-state index contributed by atoms with van der Waals surface area (Å²) in [6, 6.07) is -0.760. The number of nitrogens with one attached hydrogen (secondary N) is 1. The average molecular weight is 289 g/mol. The number of aromatic carboxylic acids is 1. The van der Waals surface area contributed by atoms with Gasteiger partial charge in [-0.25, -0.2) is 4.79 Å². The summed E-state index contributed by atoms with van der Waals surface area (Å²) in [4.78, 5) is 51.5. The Morgan fingerprint density at radius 1 is 1.33 bits per heavy atom. The van der Waals surface area contributed by atoms with Gasteiger partial charge in [0.1, 0.15) is 6.04 Å². The molecule has 0 bridgehead atoms. The van der Waals surface area contributed by atoms with Gasteiger partial charge in [-0.15, -0.1) is 0 Å². The van der Waals surface area contributed by atoms with Crippen LogP contribution in [0.5, 0.6) is 0 Å². The van der Waals surface area contributed by atoms with Gasteiger partial charge in [0.15, 0.2) is 0 Å². The van der Waals surface area contributed by atoms with Crippen molar-refractivity contribution in [3.8, 4) is 0 Å². The van der Waals surface area contributed by atoms with E-state index in [0.29, 0.717) is 5.56 Å². The molecule has 1 aromatic heterocycles. The Kier molecular flexibility index (Phi) is 2.93. The molecule has 8 nitrogen and oxygen atoms in total. The van der Waals surface area contributed by atoms with E-state index in [1.54, 1.807) is 0 Å². The fourth-order valence-corrected chi connectivity index (χ4v) is 2.65. The number of nitrogens with zero attached hydrogens (tertiary/aromatic N) is 2. The van der Waals surface area contributed by atoms with Gasteiger partial charge in [-0.05, 0) is 6.42 Å². The van der Waals surface area contributed by atoms with Gasteiger partial charge in [0.05, 0.1) is 11.1 Å². The minimum atomic E-state index is -1.17. The molecule has 21 heavy (non-hydrogen) atoms. The second-order valence-electron chi connectivity index (χ2n) is 4.92. The van der Waals surface area contributed by atoms with Crippen LogP contribution in [0.2, 0.25) is 0 Å². The van der Waals surface area contributed by atoms with Gasteiger partial charge in [-0.3, -0.25) is 24.7 Å². The second kappa shape index (κ2) is 4.65. The largest absolute Gasteiger partial charge is 0.478 e. The van der Waals surface area contributed by atoms with Crippen molar-refractivity contribution in [2.45, 2.75) is 25.4 Å². The molecule has 3 heterocycles. The third kappa shape index (κ3) is 2.04. The molecule has 2 N–H and O–H groups in total. The maximum atomic E-state index is 12.3. The van der Waals surface area contributed by atoms with Crippen molar-refractivity contribution < 1.29 is 24.3 Å². The number of pyridine rings is 1. The summed E-state index contributed by atoms with van der Waals surface area (Å²) in [5.41, 5.74) is 0.502. The summed E-state index contributed by atoms with van der Waals surface area (Å²) in [7, 11) is 0. The van der Waals surface area contributed by atoms with Crippen molar-refractivity contribution >= 4 is 23.7 Å². The highest BCUT2D eigenvalue weighted by atomic mass is 16.4. The van der Waals surface area contributed by atoms with E-state index in [2.05, 4.69) is 10.3 Å². The molecule has 8 heteroatoms. The molecular weight excluding hydrogens is 278 g/mol. The smallest absolute Gasteiger partial charge is 0.337 e. The Morgan fingerprint density at radius 2 is 2.10 bits per heavy atom. The van der Waals surface area contributed by atoms with Crippen molar-refractivity contribution in [3.63, 3.8) is 0 Å². The number of hydrogen-bond acceptors (Lipinski definition) is 5. The highest BCUT2D eigenvalue weighted by molar-refractivity contribution is 6.06. The van der Waals surface area contributed by atoms with E-state index in [9.17, 15) is 19.2 Å². The Labute approximate surface area is 118 Å². The highest BCUT2D eigenvalue weighted by Crippen LogP contribution is 2.28.